The van der Waals surface area contributed by atoms with Crippen molar-refractivity contribution in [2.45, 2.75) is 13.8 Å². The predicted molar refractivity (Wildman–Crippen MR) is 70.7 cm³/mol. The Morgan fingerprint density at radius 1 is 1.39 bits per heavy atom. The molecule has 0 aromatic carbocycles. The number of aromatic nitrogens is 4. The molecule has 2 aromatic heterocycles. The molecule has 0 amide bonds. The molecule has 0 saturated heterocycles. The van der Waals surface area contributed by atoms with E-state index < -0.39 is 0 Å². The molecule has 3 N–H and O–H groups in total. The van der Waals surface area contributed by atoms with Crippen LogP contribution in [-0.4, -0.2) is 26.9 Å². The summed E-state index contributed by atoms with van der Waals surface area (Å²) in [6, 6.07) is 0. The number of rotatable bonds is 3. The van der Waals surface area contributed by atoms with Gasteiger partial charge < -0.3 is 10.2 Å². The van der Waals surface area contributed by atoms with Crippen molar-refractivity contribution in [2.75, 3.05) is 12.5 Å². The molecular weight excluding hydrogens is 300 g/mol. The van der Waals surface area contributed by atoms with Crippen LogP contribution in [0.4, 0.5) is 5.82 Å². The Hall–Kier alpha value is -1.67. The first kappa shape index (κ1) is 12.8. The van der Waals surface area contributed by atoms with Crippen LogP contribution < -0.4 is 16.0 Å². The number of anilines is 1. The van der Waals surface area contributed by atoms with Crippen molar-refractivity contribution in [3.8, 4) is 11.6 Å². The lowest BCUT2D eigenvalue weighted by Crippen LogP contribution is -2.13. The fourth-order valence-electron chi connectivity index (χ4n) is 1.64. The molecule has 0 atom stereocenters. The molecule has 0 fully saturated rings. The molecule has 2 rings (SSSR count). The maximum atomic E-state index is 5.39. The van der Waals surface area contributed by atoms with Crippen LogP contribution in [0.15, 0.2) is 10.8 Å². The molecule has 0 radical (unpaired) electrons. The van der Waals surface area contributed by atoms with E-state index in [0.717, 1.165) is 15.9 Å². The van der Waals surface area contributed by atoms with Crippen LogP contribution in [0.2, 0.25) is 0 Å². The fourth-order valence-corrected chi connectivity index (χ4v) is 1.88. The zero-order valence-corrected chi connectivity index (χ0v) is 11.8. The number of nitrogens with one attached hydrogen (secondary N) is 1. The first-order valence-electron chi connectivity index (χ1n) is 5.17. The van der Waals surface area contributed by atoms with Gasteiger partial charge >= 0.3 is 0 Å². The van der Waals surface area contributed by atoms with Gasteiger partial charge in [0.25, 0.3) is 0 Å². The molecule has 7 nitrogen and oxygen atoms in total. The monoisotopic (exact) mass is 312 g/mol. The lowest BCUT2D eigenvalue weighted by atomic mass is 10.4. The van der Waals surface area contributed by atoms with Crippen LogP contribution in [0.1, 0.15) is 11.4 Å². The highest BCUT2D eigenvalue weighted by molar-refractivity contribution is 9.10. The Kier molecular flexibility index (Phi) is 3.48. The van der Waals surface area contributed by atoms with Gasteiger partial charge in [-0.2, -0.15) is 5.10 Å². The second-order valence-electron chi connectivity index (χ2n) is 3.62. The van der Waals surface area contributed by atoms with Crippen molar-refractivity contribution in [1.82, 2.24) is 19.7 Å². The van der Waals surface area contributed by atoms with Crippen LogP contribution >= 0.6 is 15.9 Å². The Balaban J connectivity index is 2.67. The SMILES string of the molecule is COc1c(NN)ncnc1-n1nc(C)c(Br)c1C. The van der Waals surface area contributed by atoms with Gasteiger partial charge in [0.1, 0.15) is 6.33 Å². The minimum atomic E-state index is 0.408. The number of hydrogen-bond acceptors (Lipinski definition) is 6. The van der Waals surface area contributed by atoms with Gasteiger partial charge in [-0.05, 0) is 29.8 Å². The van der Waals surface area contributed by atoms with Crippen molar-refractivity contribution in [3.63, 3.8) is 0 Å². The number of ether oxygens (including phenoxy) is 1. The first-order valence-corrected chi connectivity index (χ1v) is 5.97. The fraction of sp³-hybridized carbons (Fsp3) is 0.300. The Labute approximate surface area is 112 Å². The summed E-state index contributed by atoms with van der Waals surface area (Å²) in [4.78, 5) is 8.18. The number of hydrogen-bond donors (Lipinski definition) is 2. The highest BCUT2D eigenvalue weighted by Gasteiger charge is 2.18. The van der Waals surface area contributed by atoms with Crippen LogP contribution in [0, 0.1) is 13.8 Å². The molecule has 0 aliphatic rings. The number of nitrogen functional groups attached to an aromatic ring is 1. The lowest BCUT2D eigenvalue weighted by Gasteiger charge is -2.11. The van der Waals surface area contributed by atoms with Gasteiger partial charge in [-0.1, -0.05) is 0 Å². The Morgan fingerprint density at radius 2 is 2.11 bits per heavy atom. The third kappa shape index (κ3) is 1.93. The van der Waals surface area contributed by atoms with Gasteiger partial charge in [-0.15, -0.1) is 0 Å². The number of halogens is 1. The smallest absolute Gasteiger partial charge is 0.207 e. The van der Waals surface area contributed by atoms with Crippen molar-refractivity contribution >= 4 is 21.7 Å². The summed E-state index contributed by atoms with van der Waals surface area (Å²) >= 11 is 3.47. The second kappa shape index (κ2) is 4.91. The van der Waals surface area contributed by atoms with Gasteiger partial charge in [0.05, 0.1) is 23.0 Å². The zero-order chi connectivity index (χ0) is 13.3. The normalized spacial score (nSPS) is 10.5. The van der Waals surface area contributed by atoms with Gasteiger partial charge in [0.2, 0.25) is 11.6 Å². The van der Waals surface area contributed by atoms with Gasteiger partial charge in [0.15, 0.2) is 5.82 Å². The Morgan fingerprint density at radius 3 is 2.61 bits per heavy atom. The summed E-state index contributed by atoms with van der Waals surface area (Å²) in [5.41, 5.74) is 4.26. The lowest BCUT2D eigenvalue weighted by molar-refractivity contribution is 0.408. The van der Waals surface area contributed by atoms with E-state index in [2.05, 4.69) is 36.4 Å². The van der Waals surface area contributed by atoms with Crippen LogP contribution in [-0.2, 0) is 0 Å². The number of hydrazine groups is 1. The molecule has 0 saturated carbocycles. The minimum Gasteiger partial charge on any atom is -0.490 e. The number of nitrogens with zero attached hydrogens (tertiary/aromatic N) is 4. The van der Waals surface area contributed by atoms with E-state index in [1.165, 1.54) is 13.4 Å². The molecular formula is C10H13BrN6O. The van der Waals surface area contributed by atoms with Crippen LogP contribution in [0.3, 0.4) is 0 Å². The maximum absolute atomic E-state index is 5.39. The first-order chi connectivity index (χ1) is 8.60. The van der Waals surface area contributed by atoms with E-state index in [4.69, 9.17) is 10.6 Å². The third-order valence-corrected chi connectivity index (χ3v) is 3.68. The highest BCUT2D eigenvalue weighted by Crippen LogP contribution is 2.30. The van der Waals surface area contributed by atoms with E-state index in [1.54, 1.807) is 4.68 Å². The molecule has 0 aliphatic carbocycles. The zero-order valence-electron chi connectivity index (χ0n) is 10.2. The largest absolute Gasteiger partial charge is 0.490 e. The number of aryl methyl sites for hydroxylation is 1. The average molecular weight is 313 g/mol. The van der Waals surface area contributed by atoms with E-state index in [0.29, 0.717) is 17.4 Å². The van der Waals surface area contributed by atoms with Crippen molar-refractivity contribution in [1.29, 1.82) is 0 Å². The molecule has 0 bridgehead atoms. The molecule has 2 aromatic rings. The molecule has 0 spiro atoms. The number of nitrogens with two attached hydrogens (primary N) is 1. The van der Waals surface area contributed by atoms with Crippen molar-refractivity contribution < 1.29 is 4.74 Å². The van der Waals surface area contributed by atoms with Gasteiger partial charge in [-0.3, -0.25) is 0 Å². The maximum Gasteiger partial charge on any atom is 0.207 e. The molecule has 2 heterocycles. The van der Waals surface area contributed by atoms with E-state index in [1.807, 2.05) is 13.8 Å². The van der Waals surface area contributed by atoms with Gasteiger partial charge in [-0.25, -0.2) is 20.5 Å². The summed E-state index contributed by atoms with van der Waals surface area (Å²) in [6.07, 6.45) is 1.40. The summed E-state index contributed by atoms with van der Waals surface area (Å²) < 4.78 is 7.90. The molecule has 96 valence electrons. The standard InChI is InChI=1S/C10H13BrN6O/c1-5-7(11)6(2)17(16-5)10-8(18-3)9(15-12)13-4-14-10/h4H,12H2,1-3H3,(H,13,14,15). The Bertz CT molecular complexity index is 582. The second-order valence-corrected chi connectivity index (χ2v) is 4.41. The highest BCUT2D eigenvalue weighted by atomic mass is 79.9. The van der Waals surface area contributed by atoms with Gasteiger partial charge in [0, 0.05) is 0 Å². The van der Waals surface area contributed by atoms with Crippen molar-refractivity contribution in [3.05, 3.63) is 22.2 Å². The quantitative estimate of drug-likeness (QED) is 0.656. The van der Waals surface area contributed by atoms with Crippen LogP contribution in [0.5, 0.6) is 5.75 Å². The van der Waals surface area contributed by atoms with Crippen LogP contribution in [0.25, 0.3) is 5.82 Å². The summed E-state index contributed by atoms with van der Waals surface area (Å²) in [5.74, 6) is 6.77. The number of methoxy groups -OCH3 is 1. The topological polar surface area (TPSA) is 90.9 Å². The summed E-state index contributed by atoms with van der Waals surface area (Å²) in [6.45, 7) is 3.84. The third-order valence-electron chi connectivity index (χ3n) is 2.53. The van der Waals surface area contributed by atoms with Crippen molar-refractivity contribution in [2.24, 2.45) is 5.84 Å². The molecule has 0 aliphatic heterocycles. The summed E-state index contributed by atoms with van der Waals surface area (Å²) in [5, 5.41) is 4.39. The molecule has 0 unspecified atom stereocenters. The van der Waals surface area contributed by atoms with E-state index in [-0.39, 0.29) is 0 Å². The van der Waals surface area contributed by atoms with E-state index >= 15 is 0 Å². The molecule has 8 heteroatoms. The minimum absolute atomic E-state index is 0.408. The predicted octanol–water partition coefficient (Wildman–Crippen LogP) is 1.34. The molecule has 18 heavy (non-hydrogen) atoms. The summed E-state index contributed by atoms with van der Waals surface area (Å²) in [7, 11) is 1.53. The average Bonchev–Trinajstić information content (AvgIpc) is 2.65. The van der Waals surface area contributed by atoms with E-state index in [9.17, 15) is 0 Å².